The van der Waals surface area contributed by atoms with E-state index in [0.29, 0.717) is 6.61 Å². The van der Waals surface area contributed by atoms with Crippen molar-refractivity contribution >= 4 is 28.6 Å². The molecule has 2 unspecified atom stereocenters. The topological polar surface area (TPSA) is 26.3 Å². The van der Waals surface area contributed by atoms with Gasteiger partial charge in [0.1, 0.15) is 3.92 Å². The Kier molecular flexibility index (Phi) is 8.25. The van der Waals surface area contributed by atoms with Crippen molar-refractivity contribution in [3.8, 4) is 0 Å². The van der Waals surface area contributed by atoms with E-state index in [1.807, 2.05) is 39.0 Å². The minimum absolute atomic E-state index is 0.133. The molecule has 3 heteroatoms. The molecule has 0 aliphatic heterocycles. The van der Waals surface area contributed by atoms with Gasteiger partial charge in [0.2, 0.25) is 0 Å². The fraction of sp³-hybridized carbons (Fsp3) is 0.462. The average molecular weight is 334 g/mol. The monoisotopic (exact) mass is 334 g/mol. The van der Waals surface area contributed by atoms with Gasteiger partial charge in [-0.3, -0.25) is 4.79 Å². The van der Waals surface area contributed by atoms with Gasteiger partial charge >= 0.3 is 5.97 Å². The maximum atomic E-state index is 11.4. The van der Waals surface area contributed by atoms with Crippen LogP contribution in [0, 0.1) is 5.92 Å². The van der Waals surface area contributed by atoms with Gasteiger partial charge < -0.3 is 4.74 Å². The zero-order valence-electron chi connectivity index (χ0n) is 10.1. The van der Waals surface area contributed by atoms with Crippen LogP contribution in [-0.4, -0.2) is 16.5 Å². The van der Waals surface area contributed by atoms with Gasteiger partial charge in [-0.15, -0.1) is 0 Å². The summed E-state index contributed by atoms with van der Waals surface area (Å²) in [7, 11) is 0. The molecule has 0 aliphatic carbocycles. The smallest absolute Gasteiger partial charge is 0.319 e. The van der Waals surface area contributed by atoms with Gasteiger partial charge in [0, 0.05) is 0 Å². The normalized spacial score (nSPS) is 15.9. The first-order chi connectivity index (χ1) is 7.52. The Morgan fingerprint density at radius 1 is 1.56 bits per heavy atom. The minimum Gasteiger partial charge on any atom is -0.465 e. The highest BCUT2D eigenvalue weighted by atomic mass is 127. The van der Waals surface area contributed by atoms with Crippen LogP contribution in [0.4, 0.5) is 0 Å². The third kappa shape index (κ3) is 6.10. The van der Waals surface area contributed by atoms with E-state index in [-0.39, 0.29) is 15.8 Å². The first-order valence-electron chi connectivity index (χ1n) is 5.31. The Morgan fingerprint density at radius 2 is 2.19 bits per heavy atom. The molecule has 0 fully saturated rings. The van der Waals surface area contributed by atoms with Crippen molar-refractivity contribution in [2.75, 3.05) is 6.61 Å². The second kappa shape index (κ2) is 8.56. The van der Waals surface area contributed by atoms with Crippen LogP contribution in [0.3, 0.4) is 0 Å². The lowest BCUT2D eigenvalue weighted by Crippen LogP contribution is -2.22. The van der Waals surface area contributed by atoms with Gasteiger partial charge in [-0.05, 0) is 19.8 Å². The Hall–Kier alpha value is -0.580. The summed E-state index contributed by atoms with van der Waals surface area (Å²) in [5.41, 5.74) is 1.10. The summed E-state index contributed by atoms with van der Waals surface area (Å²) in [5.74, 6) is 0.0122. The van der Waals surface area contributed by atoms with Crippen LogP contribution < -0.4 is 0 Å². The summed E-state index contributed by atoms with van der Waals surface area (Å²) in [6.07, 6.45) is 7.72. The molecule has 2 nitrogen and oxygen atoms in total. The molecule has 2 atom stereocenters. The molecule has 0 radical (unpaired) electrons. The predicted octanol–water partition coefficient (Wildman–Crippen LogP) is 3.68. The van der Waals surface area contributed by atoms with Crippen LogP contribution in [-0.2, 0) is 9.53 Å². The maximum Gasteiger partial charge on any atom is 0.319 e. The Morgan fingerprint density at radius 3 is 2.69 bits per heavy atom. The van der Waals surface area contributed by atoms with Crippen LogP contribution >= 0.6 is 22.6 Å². The van der Waals surface area contributed by atoms with E-state index in [1.165, 1.54) is 0 Å². The van der Waals surface area contributed by atoms with Gasteiger partial charge in [-0.1, -0.05) is 66.0 Å². The van der Waals surface area contributed by atoms with Crippen LogP contribution in [0.2, 0.25) is 0 Å². The summed E-state index contributed by atoms with van der Waals surface area (Å²) in [4.78, 5) is 11.4. The molecule has 16 heavy (non-hydrogen) atoms. The number of rotatable bonds is 6. The minimum atomic E-state index is -0.148. The molecule has 0 spiro atoms. The molecule has 0 N–H and O–H groups in total. The molecule has 0 saturated carbocycles. The zero-order chi connectivity index (χ0) is 12.6. The van der Waals surface area contributed by atoms with E-state index < -0.39 is 0 Å². The van der Waals surface area contributed by atoms with Crippen molar-refractivity contribution in [1.82, 2.24) is 0 Å². The molecule has 0 aromatic rings. The SMILES string of the molecule is C=C/C(C)=C/C=C/C(C)C(I)C(=O)OCC. The lowest BCUT2D eigenvalue weighted by molar-refractivity contribution is -0.142. The van der Waals surface area contributed by atoms with Crippen LogP contribution in [0.15, 0.2) is 36.5 Å². The second-order valence-electron chi connectivity index (χ2n) is 3.51. The van der Waals surface area contributed by atoms with Gasteiger partial charge in [0.15, 0.2) is 0 Å². The molecular weight excluding hydrogens is 315 g/mol. The summed E-state index contributed by atoms with van der Waals surface area (Å²) < 4.78 is 4.83. The van der Waals surface area contributed by atoms with E-state index in [1.54, 1.807) is 6.08 Å². The van der Waals surface area contributed by atoms with Gasteiger partial charge in [0.05, 0.1) is 6.61 Å². The number of halogens is 1. The van der Waals surface area contributed by atoms with E-state index >= 15 is 0 Å². The molecule has 0 saturated heterocycles. The molecule has 0 bridgehead atoms. The number of hydrogen-bond donors (Lipinski definition) is 0. The number of ether oxygens (including phenoxy) is 1. The fourth-order valence-corrected chi connectivity index (χ4v) is 1.40. The molecule has 0 aromatic carbocycles. The summed E-state index contributed by atoms with van der Waals surface area (Å²) in [6, 6.07) is 0. The van der Waals surface area contributed by atoms with E-state index in [9.17, 15) is 4.79 Å². The van der Waals surface area contributed by atoms with E-state index in [4.69, 9.17) is 4.74 Å². The van der Waals surface area contributed by atoms with Crippen molar-refractivity contribution in [3.05, 3.63) is 36.5 Å². The van der Waals surface area contributed by atoms with Crippen molar-refractivity contribution in [1.29, 1.82) is 0 Å². The van der Waals surface area contributed by atoms with Gasteiger partial charge in [-0.2, -0.15) is 0 Å². The molecule has 0 rings (SSSR count). The summed E-state index contributed by atoms with van der Waals surface area (Å²) in [5, 5.41) is 0. The lowest BCUT2D eigenvalue weighted by Gasteiger charge is -2.12. The van der Waals surface area contributed by atoms with Crippen LogP contribution in [0.5, 0.6) is 0 Å². The van der Waals surface area contributed by atoms with Crippen LogP contribution in [0.1, 0.15) is 20.8 Å². The molecule has 90 valence electrons. The first-order valence-corrected chi connectivity index (χ1v) is 6.55. The van der Waals surface area contributed by atoms with Crippen molar-refractivity contribution < 1.29 is 9.53 Å². The number of hydrogen-bond acceptors (Lipinski definition) is 2. The second-order valence-corrected chi connectivity index (χ2v) is 4.85. The lowest BCUT2D eigenvalue weighted by atomic mass is 10.1. The van der Waals surface area contributed by atoms with Crippen molar-refractivity contribution in [3.63, 3.8) is 0 Å². The quantitative estimate of drug-likeness (QED) is 0.321. The third-order valence-electron chi connectivity index (χ3n) is 2.07. The number of allylic oxidation sites excluding steroid dienone is 5. The highest BCUT2D eigenvalue weighted by Gasteiger charge is 2.20. The highest BCUT2D eigenvalue weighted by molar-refractivity contribution is 14.1. The summed E-state index contributed by atoms with van der Waals surface area (Å²) >= 11 is 2.12. The van der Waals surface area contributed by atoms with Crippen molar-refractivity contribution in [2.24, 2.45) is 5.92 Å². The molecule has 0 aromatic heterocycles. The number of carbonyl (C=O) groups excluding carboxylic acids is 1. The third-order valence-corrected chi connectivity index (χ3v) is 3.71. The number of carbonyl (C=O) groups is 1. The van der Waals surface area contributed by atoms with E-state index in [2.05, 4.69) is 29.2 Å². The number of alkyl halides is 1. The molecule has 0 amide bonds. The Bertz CT molecular complexity index is 292. The van der Waals surface area contributed by atoms with Gasteiger partial charge in [0.25, 0.3) is 0 Å². The largest absolute Gasteiger partial charge is 0.465 e. The van der Waals surface area contributed by atoms with Crippen LogP contribution in [0.25, 0.3) is 0 Å². The molecule has 0 heterocycles. The maximum absolute atomic E-state index is 11.4. The summed E-state index contributed by atoms with van der Waals surface area (Å²) in [6.45, 7) is 9.90. The Labute approximate surface area is 112 Å². The predicted molar refractivity (Wildman–Crippen MR) is 76.7 cm³/mol. The van der Waals surface area contributed by atoms with Gasteiger partial charge in [-0.25, -0.2) is 0 Å². The highest BCUT2D eigenvalue weighted by Crippen LogP contribution is 2.16. The Balaban J connectivity index is 4.29. The molecule has 0 aliphatic rings. The standard InChI is InChI=1S/C13H19IO2/c1-5-10(3)8-7-9-11(4)12(14)13(15)16-6-2/h5,7-9,11-12H,1,6H2,2-4H3/b9-7+,10-8+. The first kappa shape index (κ1) is 15.4. The van der Waals surface area contributed by atoms with Crippen molar-refractivity contribution in [2.45, 2.75) is 24.7 Å². The average Bonchev–Trinajstić information content (AvgIpc) is 2.27. The zero-order valence-corrected chi connectivity index (χ0v) is 12.2. The fourth-order valence-electron chi connectivity index (χ4n) is 0.985. The molecular formula is C13H19IO2. The number of esters is 1. The van der Waals surface area contributed by atoms with E-state index in [0.717, 1.165) is 5.57 Å².